The molecule has 0 amide bonds. The molecule has 0 radical (unpaired) electrons. The van der Waals surface area contributed by atoms with Crippen molar-refractivity contribution in [2.75, 3.05) is 13.7 Å². The molecule has 0 aliphatic heterocycles. The van der Waals surface area contributed by atoms with Gasteiger partial charge >= 0.3 is 0 Å². The van der Waals surface area contributed by atoms with E-state index >= 15 is 0 Å². The van der Waals surface area contributed by atoms with Gasteiger partial charge in [0.25, 0.3) is 0 Å². The first-order chi connectivity index (χ1) is 7.97. The number of methoxy groups -OCH3 is 1. The normalized spacial score (nSPS) is 15.2. The largest absolute Gasteiger partial charge is 0.381 e. The third-order valence-corrected chi connectivity index (χ3v) is 3.24. The Bertz CT molecular complexity index is 365. The van der Waals surface area contributed by atoms with Gasteiger partial charge in [0.05, 0.1) is 23.5 Å². The summed E-state index contributed by atoms with van der Waals surface area (Å²) in [6, 6.07) is 0. The Morgan fingerprint density at radius 3 is 2.71 bits per heavy atom. The Morgan fingerprint density at radius 1 is 1.59 bits per heavy atom. The standard InChI is InChI=1S/C12H21ClN2O2/c1-5-6-15-11(10(13)7-14-15)12(16,8-17-4)9(2)3/h7,9,16H,5-6,8H2,1-4H3. The van der Waals surface area contributed by atoms with E-state index < -0.39 is 5.60 Å². The van der Waals surface area contributed by atoms with Crippen LogP contribution in [0.2, 0.25) is 5.02 Å². The third kappa shape index (κ3) is 2.81. The molecule has 1 unspecified atom stereocenters. The predicted octanol–water partition coefficient (Wildman–Crippen LogP) is 2.44. The number of rotatable bonds is 6. The maximum atomic E-state index is 10.8. The molecule has 0 aliphatic carbocycles. The summed E-state index contributed by atoms with van der Waals surface area (Å²) >= 11 is 6.15. The lowest BCUT2D eigenvalue weighted by atomic mass is 9.87. The van der Waals surface area contributed by atoms with Crippen molar-refractivity contribution in [1.29, 1.82) is 0 Å². The average molecular weight is 261 g/mol. The lowest BCUT2D eigenvalue weighted by Crippen LogP contribution is -2.39. The summed E-state index contributed by atoms with van der Waals surface area (Å²) in [7, 11) is 1.57. The first-order valence-corrected chi connectivity index (χ1v) is 6.28. The molecule has 1 aromatic rings. The quantitative estimate of drug-likeness (QED) is 0.855. The number of hydrogen-bond acceptors (Lipinski definition) is 3. The van der Waals surface area contributed by atoms with Gasteiger partial charge in [0.15, 0.2) is 0 Å². The van der Waals surface area contributed by atoms with Gasteiger partial charge in [-0.25, -0.2) is 0 Å². The number of hydrogen-bond donors (Lipinski definition) is 1. The molecule has 5 heteroatoms. The van der Waals surface area contributed by atoms with Crippen molar-refractivity contribution in [3.63, 3.8) is 0 Å². The lowest BCUT2D eigenvalue weighted by molar-refractivity contribution is -0.0760. The van der Waals surface area contributed by atoms with Crippen LogP contribution >= 0.6 is 11.6 Å². The van der Waals surface area contributed by atoms with Gasteiger partial charge in [-0.05, 0) is 12.3 Å². The third-order valence-electron chi connectivity index (χ3n) is 2.96. The SMILES string of the molecule is CCCn1ncc(Cl)c1C(O)(COC)C(C)C. The van der Waals surface area contributed by atoms with Gasteiger partial charge in [-0.1, -0.05) is 32.4 Å². The van der Waals surface area contributed by atoms with Crippen molar-refractivity contribution < 1.29 is 9.84 Å². The zero-order valence-electron chi connectivity index (χ0n) is 10.9. The van der Waals surface area contributed by atoms with Crippen LogP contribution in [0.5, 0.6) is 0 Å². The number of aliphatic hydroxyl groups is 1. The van der Waals surface area contributed by atoms with E-state index in [0.29, 0.717) is 10.7 Å². The lowest BCUT2D eigenvalue weighted by Gasteiger charge is -2.32. The summed E-state index contributed by atoms with van der Waals surface area (Å²) in [5, 5.41) is 15.5. The Balaban J connectivity index is 3.21. The molecule has 0 saturated carbocycles. The number of ether oxygens (including phenoxy) is 1. The first-order valence-electron chi connectivity index (χ1n) is 5.90. The number of halogens is 1. The minimum atomic E-state index is -1.10. The Hall–Kier alpha value is -0.580. The van der Waals surface area contributed by atoms with E-state index in [2.05, 4.69) is 12.0 Å². The second kappa shape index (κ2) is 5.85. The molecule has 1 aromatic heterocycles. The number of aromatic nitrogens is 2. The minimum absolute atomic E-state index is 0.00717. The van der Waals surface area contributed by atoms with Crippen LogP contribution in [0.3, 0.4) is 0 Å². The maximum absolute atomic E-state index is 10.8. The van der Waals surface area contributed by atoms with Gasteiger partial charge in [-0.2, -0.15) is 5.10 Å². The highest BCUT2D eigenvalue weighted by Crippen LogP contribution is 2.34. The van der Waals surface area contributed by atoms with Gasteiger partial charge in [-0.3, -0.25) is 4.68 Å². The van der Waals surface area contributed by atoms with Crippen molar-refractivity contribution in [2.45, 2.75) is 39.3 Å². The van der Waals surface area contributed by atoms with Gasteiger partial charge in [0.2, 0.25) is 0 Å². The van der Waals surface area contributed by atoms with Crippen molar-refractivity contribution in [3.05, 3.63) is 16.9 Å². The molecule has 0 aromatic carbocycles. The highest BCUT2D eigenvalue weighted by molar-refractivity contribution is 6.31. The molecule has 4 nitrogen and oxygen atoms in total. The second-order valence-corrected chi connectivity index (χ2v) is 4.98. The predicted molar refractivity (Wildman–Crippen MR) is 68.1 cm³/mol. The maximum Gasteiger partial charge on any atom is 0.133 e. The Morgan fingerprint density at radius 2 is 2.24 bits per heavy atom. The van der Waals surface area contributed by atoms with E-state index in [1.807, 2.05) is 13.8 Å². The molecule has 0 bridgehead atoms. The molecule has 98 valence electrons. The highest BCUT2D eigenvalue weighted by Gasteiger charge is 2.38. The van der Waals surface area contributed by atoms with E-state index in [9.17, 15) is 5.11 Å². The minimum Gasteiger partial charge on any atom is -0.381 e. The molecule has 0 saturated heterocycles. The zero-order valence-corrected chi connectivity index (χ0v) is 11.7. The summed E-state index contributed by atoms with van der Waals surface area (Å²) in [5.74, 6) is -0.00717. The topological polar surface area (TPSA) is 47.3 Å². The van der Waals surface area contributed by atoms with Gasteiger partial charge in [-0.15, -0.1) is 0 Å². The van der Waals surface area contributed by atoms with Crippen molar-refractivity contribution in [2.24, 2.45) is 5.92 Å². The summed E-state index contributed by atoms with van der Waals surface area (Å²) in [5.41, 5.74) is -0.449. The molecular formula is C12H21ClN2O2. The summed E-state index contributed by atoms with van der Waals surface area (Å²) in [6.45, 7) is 6.89. The molecule has 0 aliphatic rings. The van der Waals surface area contributed by atoms with Crippen molar-refractivity contribution >= 4 is 11.6 Å². The number of aryl methyl sites for hydroxylation is 1. The molecule has 1 rings (SSSR count). The fourth-order valence-electron chi connectivity index (χ4n) is 1.90. The van der Waals surface area contributed by atoms with Crippen LogP contribution in [0.25, 0.3) is 0 Å². The molecule has 1 heterocycles. The van der Waals surface area contributed by atoms with E-state index in [1.165, 1.54) is 0 Å². The fraction of sp³-hybridized carbons (Fsp3) is 0.750. The van der Waals surface area contributed by atoms with Crippen LogP contribution in [0.1, 0.15) is 32.9 Å². The fourth-order valence-corrected chi connectivity index (χ4v) is 2.21. The Labute approximate surface area is 108 Å². The summed E-state index contributed by atoms with van der Waals surface area (Å²) in [4.78, 5) is 0. The van der Waals surface area contributed by atoms with Crippen molar-refractivity contribution in [3.8, 4) is 0 Å². The zero-order chi connectivity index (χ0) is 13.1. The van der Waals surface area contributed by atoms with Crippen LogP contribution in [0, 0.1) is 5.92 Å². The van der Waals surface area contributed by atoms with E-state index in [4.69, 9.17) is 16.3 Å². The number of nitrogens with zero attached hydrogens (tertiary/aromatic N) is 2. The van der Waals surface area contributed by atoms with E-state index in [1.54, 1.807) is 18.0 Å². The summed E-state index contributed by atoms with van der Waals surface area (Å²) < 4.78 is 6.90. The smallest absolute Gasteiger partial charge is 0.133 e. The van der Waals surface area contributed by atoms with Crippen LogP contribution in [0.15, 0.2) is 6.20 Å². The van der Waals surface area contributed by atoms with Crippen LogP contribution in [0.4, 0.5) is 0 Å². The van der Waals surface area contributed by atoms with Crippen molar-refractivity contribution in [1.82, 2.24) is 9.78 Å². The van der Waals surface area contributed by atoms with Gasteiger partial charge in [0, 0.05) is 13.7 Å². The van der Waals surface area contributed by atoms with Crippen LogP contribution in [-0.2, 0) is 16.9 Å². The molecule has 0 spiro atoms. The molecule has 1 N–H and O–H groups in total. The van der Waals surface area contributed by atoms with E-state index in [0.717, 1.165) is 13.0 Å². The Kier molecular flexibility index (Phi) is 4.98. The first kappa shape index (κ1) is 14.5. The molecular weight excluding hydrogens is 240 g/mol. The molecule has 1 atom stereocenters. The molecule has 0 fully saturated rings. The van der Waals surface area contributed by atoms with Crippen LogP contribution in [-0.4, -0.2) is 28.6 Å². The van der Waals surface area contributed by atoms with E-state index in [-0.39, 0.29) is 12.5 Å². The van der Waals surface area contributed by atoms with Crippen LogP contribution < -0.4 is 0 Å². The van der Waals surface area contributed by atoms with Gasteiger partial charge < -0.3 is 9.84 Å². The molecule has 17 heavy (non-hydrogen) atoms. The van der Waals surface area contributed by atoms with Gasteiger partial charge in [0.1, 0.15) is 5.60 Å². The average Bonchev–Trinajstić information content (AvgIpc) is 2.61. The summed E-state index contributed by atoms with van der Waals surface area (Å²) in [6.07, 6.45) is 2.52. The second-order valence-electron chi connectivity index (χ2n) is 4.58. The highest BCUT2D eigenvalue weighted by atomic mass is 35.5. The monoisotopic (exact) mass is 260 g/mol.